The summed E-state index contributed by atoms with van der Waals surface area (Å²) in [5.41, 5.74) is 5.93. The molecule has 2 aromatic carbocycles. The maximum Gasteiger partial charge on any atom is 0.258 e. The zero-order valence-electron chi connectivity index (χ0n) is 10.2. The van der Waals surface area contributed by atoms with Gasteiger partial charge in [0.1, 0.15) is 11.9 Å². The second kappa shape index (κ2) is 5.59. The number of halogens is 2. The van der Waals surface area contributed by atoms with Gasteiger partial charge in [-0.25, -0.2) is 4.39 Å². The molecule has 0 heterocycles. The van der Waals surface area contributed by atoms with Crippen molar-refractivity contribution in [1.82, 2.24) is 0 Å². The number of nitriles is 1. The minimum atomic E-state index is -0.733. The highest BCUT2D eigenvalue weighted by molar-refractivity contribution is 6.31. The Morgan fingerprint density at radius 2 is 2.05 bits per heavy atom. The van der Waals surface area contributed by atoms with Crippen molar-refractivity contribution in [1.29, 1.82) is 5.26 Å². The Morgan fingerprint density at radius 1 is 1.30 bits per heavy atom. The third-order valence-electron chi connectivity index (χ3n) is 2.59. The average Bonchev–Trinajstić information content (AvgIpc) is 2.38. The highest BCUT2D eigenvalue weighted by Crippen LogP contribution is 2.22. The second-order valence-corrected chi connectivity index (χ2v) is 4.43. The van der Waals surface area contributed by atoms with Crippen LogP contribution in [0.2, 0.25) is 5.02 Å². The van der Waals surface area contributed by atoms with E-state index in [1.54, 1.807) is 0 Å². The topological polar surface area (TPSA) is 78.9 Å². The van der Waals surface area contributed by atoms with Gasteiger partial charge in [-0.2, -0.15) is 5.26 Å². The summed E-state index contributed by atoms with van der Waals surface area (Å²) < 4.78 is 13.6. The number of anilines is 2. The fourth-order valence-corrected chi connectivity index (χ4v) is 1.79. The number of hydrogen-bond donors (Lipinski definition) is 2. The van der Waals surface area contributed by atoms with Crippen molar-refractivity contribution in [2.45, 2.75) is 0 Å². The fraction of sp³-hybridized carbons (Fsp3) is 0. The van der Waals surface area contributed by atoms with Crippen molar-refractivity contribution in [3.05, 3.63) is 58.4 Å². The first kappa shape index (κ1) is 13.8. The molecule has 0 aliphatic rings. The van der Waals surface area contributed by atoms with Gasteiger partial charge in [-0.15, -0.1) is 0 Å². The van der Waals surface area contributed by atoms with Crippen LogP contribution < -0.4 is 11.1 Å². The van der Waals surface area contributed by atoms with Gasteiger partial charge in [0.2, 0.25) is 0 Å². The van der Waals surface area contributed by atoms with Crippen molar-refractivity contribution >= 4 is 28.9 Å². The largest absolute Gasteiger partial charge is 0.399 e. The summed E-state index contributed by atoms with van der Waals surface area (Å²) in [6, 6.07) is 10.1. The smallest absolute Gasteiger partial charge is 0.258 e. The SMILES string of the molecule is N#Cc1ccc(Cl)cc1NC(=O)c1ccc(N)cc1F. The van der Waals surface area contributed by atoms with E-state index in [4.69, 9.17) is 22.6 Å². The van der Waals surface area contributed by atoms with Gasteiger partial charge in [0.05, 0.1) is 16.8 Å². The van der Waals surface area contributed by atoms with Gasteiger partial charge in [-0.1, -0.05) is 11.6 Å². The predicted molar refractivity (Wildman–Crippen MR) is 74.9 cm³/mol. The number of hydrogen-bond acceptors (Lipinski definition) is 3. The number of nitrogens with zero attached hydrogens (tertiary/aromatic N) is 1. The van der Waals surface area contributed by atoms with Crippen LogP contribution in [0.3, 0.4) is 0 Å². The van der Waals surface area contributed by atoms with Crippen LogP contribution in [0.4, 0.5) is 15.8 Å². The van der Waals surface area contributed by atoms with Crippen molar-refractivity contribution < 1.29 is 9.18 Å². The molecule has 0 aliphatic heterocycles. The first-order valence-corrected chi connectivity index (χ1v) is 5.95. The lowest BCUT2D eigenvalue weighted by Crippen LogP contribution is -2.14. The van der Waals surface area contributed by atoms with Crippen LogP contribution >= 0.6 is 11.6 Å². The standard InChI is InChI=1S/C14H9ClFN3O/c15-9-2-1-8(7-17)13(5-9)19-14(20)11-4-3-10(18)6-12(11)16/h1-6H,18H2,(H,19,20). The first-order valence-electron chi connectivity index (χ1n) is 5.57. The van der Waals surface area contributed by atoms with Gasteiger partial charge in [0.25, 0.3) is 5.91 Å². The van der Waals surface area contributed by atoms with Gasteiger partial charge in [-0.05, 0) is 36.4 Å². The number of rotatable bonds is 2. The van der Waals surface area contributed by atoms with Crippen LogP contribution in [0.5, 0.6) is 0 Å². The maximum atomic E-state index is 13.6. The third-order valence-corrected chi connectivity index (χ3v) is 2.82. The molecular formula is C14H9ClFN3O. The molecule has 0 aromatic heterocycles. The van der Waals surface area contributed by atoms with Crippen LogP contribution in [0, 0.1) is 17.1 Å². The minimum Gasteiger partial charge on any atom is -0.399 e. The van der Waals surface area contributed by atoms with Crippen molar-refractivity contribution in [3.63, 3.8) is 0 Å². The molecular weight excluding hydrogens is 281 g/mol. The van der Waals surface area contributed by atoms with Crippen LogP contribution in [-0.4, -0.2) is 5.91 Å². The number of nitrogens with one attached hydrogen (secondary N) is 1. The van der Waals surface area contributed by atoms with E-state index in [2.05, 4.69) is 5.32 Å². The first-order chi connectivity index (χ1) is 9.51. The summed E-state index contributed by atoms with van der Waals surface area (Å²) in [6.45, 7) is 0. The molecule has 2 aromatic rings. The molecule has 0 bridgehead atoms. The molecule has 0 spiro atoms. The number of nitrogen functional groups attached to an aromatic ring is 1. The van der Waals surface area contributed by atoms with E-state index in [1.165, 1.54) is 30.3 Å². The molecule has 100 valence electrons. The van der Waals surface area contributed by atoms with E-state index >= 15 is 0 Å². The van der Waals surface area contributed by atoms with E-state index < -0.39 is 11.7 Å². The minimum absolute atomic E-state index is 0.164. The number of benzene rings is 2. The summed E-state index contributed by atoms with van der Waals surface area (Å²) in [4.78, 5) is 12.0. The lowest BCUT2D eigenvalue weighted by molar-refractivity contribution is 0.102. The Kier molecular flexibility index (Phi) is 3.87. The Morgan fingerprint density at radius 3 is 2.70 bits per heavy atom. The van der Waals surface area contributed by atoms with Gasteiger partial charge in [0.15, 0.2) is 0 Å². The van der Waals surface area contributed by atoms with E-state index in [0.29, 0.717) is 5.02 Å². The fourth-order valence-electron chi connectivity index (χ4n) is 1.62. The van der Waals surface area contributed by atoms with E-state index in [-0.39, 0.29) is 22.5 Å². The molecule has 2 rings (SSSR count). The summed E-state index contributed by atoms with van der Waals surface area (Å²) in [7, 11) is 0. The molecule has 0 atom stereocenters. The average molecular weight is 290 g/mol. The van der Waals surface area contributed by atoms with Crippen LogP contribution in [-0.2, 0) is 0 Å². The molecule has 0 saturated carbocycles. The molecule has 0 unspecified atom stereocenters. The zero-order valence-corrected chi connectivity index (χ0v) is 10.9. The molecule has 4 nitrogen and oxygen atoms in total. The Hall–Kier alpha value is -2.58. The second-order valence-electron chi connectivity index (χ2n) is 4.00. The molecule has 0 saturated heterocycles. The molecule has 0 radical (unpaired) electrons. The highest BCUT2D eigenvalue weighted by atomic mass is 35.5. The molecule has 0 aliphatic carbocycles. The molecule has 1 amide bonds. The summed E-state index contributed by atoms with van der Waals surface area (Å²) in [6.07, 6.45) is 0. The monoisotopic (exact) mass is 289 g/mol. The summed E-state index contributed by atoms with van der Waals surface area (Å²) >= 11 is 5.80. The number of amides is 1. The van der Waals surface area contributed by atoms with E-state index in [1.807, 2.05) is 6.07 Å². The van der Waals surface area contributed by atoms with Gasteiger partial charge in [0, 0.05) is 10.7 Å². The van der Waals surface area contributed by atoms with Crippen molar-refractivity contribution in [2.75, 3.05) is 11.1 Å². The Balaban J connectivity index is 2.33. The van der Waals surface area contributed by atoms with Crippen LogP contribution in [0.25, 0.3) is 0 Å². The van der Waals surface area contributed by atoms with E-state index in [0.717, 1.165) is 6.07 Å². The normalized spacial score (nSPS) is 9.85. The van der Waals surface area contributed by atoms with Crippen LogP contribution in [0.1, 0.15) is 15.9 Å². The summed E-state index contributed by atoms with van der Waals surface area (Å²) in [5.74, 6) is -1.41. The lowest BCUT2D eigenvalue weighted by atomic mass is 10.1. The Bertz CT molecular complexity index is 725. The zero-order chi connectivity index (χ0) is 14.7. The molecule has 3 N–H and O–H groups in total. The molecule has 6 heteroatoms. The number of carbonyl (C=O) groups is 1. The molecule has 0 fully saturated rings. The lowest BCUT2D eigenvalue weighted by Gasteiger charge is -2.08. The van der Waals surface area contributed by atoms with Crippen molar-refractivity contribution in [2.24, 2.45) is 0 Å². The summed E-state index contributed by atoms with van der Waals surface area (Å²) in [5, 5.41) is 11.8. The third kappa shape index (κ3) is 2.87. The number of carbonyl (C=O) groups excluding carboxylic acids is 1. The quantitative estimate of drug-likeness (QED) is 0.833. The van der Waals surface area contributed by atoms with Gasteiger partial charge >= 0.3 is 0 Å². The van der Waals surface area contributed by atoms with E-state index in [9.17, 15) is 9.18 Å². The van der Waals surface area contributed by atoms with Crippen molar-refractivity contribution in [3.8, 4) is 6.07 Å². The van der Waals surface area contributed by atoms with Crippen LogP contribution in [0.15, 0.2) is 36.4 Å². The van der Waals surface area contributed by atoms with Gasteiger partial charge < -0.3 is 11.1 Å². The molecule has 20 heavy (non-hydrogen) atoms. The number of nitrogens with two attached hydrogens (primary N) is 1. The highest BCUT2D eigenvalue weighted by Gasteiger charge is 2.14. The Labute approximate surface area is 119 Å². The predicted octanol–water partition coefficient (Wildman–Crippen LogP) is 3.19. The maximum absolute atomic E-state index is 13.6. The van der Waals surface area contributed by atoms with Gasteiger partial charge in [-0.3, -0.25) is 4.79 Å².